The zero-order valence-corrected chi connectivity index (χ0v) is 11.8. The number of hydrogen-bond donors (Lipinski definition) is 1. The minimum Gasteiger partial charge on any atom is -0.336 e. The molecule has 0 saturated carbocycles. The second-order valence-electron chi connectivity index (χ2n) is 5.69. The number of nitrogens with zero attached hydrogens (tertiary/aromatic N) is 1. The lowest BCUT2D eigenvalue weighted by atomic mass is 9.97. The number of fused-ring (bicyclic) bond motifs is 1. The van der Waals surface area contributed by atoms with Crippen LogP contribution in [0, 0.1) is 0 Å². The summed E-state index contributed by atoms with van der Waals surface area (Å²) in [5, 5.41) is 2.28. The largest absolute Gasteiger partial charge is 0.336 e. The summed E-state index contributed by atoms with van der Waals surface area (Å²) in [6.07, 6.45) is 1.78. The van der Waals surface area contributed by atoms with Gasteiger partial charge in [0.05, 0.1) is 0 Å². The van der Waals surface area contributed by atoms with Crippen molar-refractivity contribution in [2.75, 3.05) is 6.54 Å². The van der Waals surface area contributed by atoms with Gasteiger partial charge in [-0.2, -0.15) is 0 Å². The Labute approximate surface area is 119 Å². The monoisotopic (exact) mass is 268 g/mol. The Morgan fingerprint density at radius 2 is 1.95 bits per heavy atom. The molecular weight excluding hydrogens is 248 g/mol. The lowest BCUT2D eigenvalue weighted by Crippen LogP contribution is -2.48. The van der Waals surface area contributed by atoms with E-state index in [0.29, 0.717) is 0 Å². The van der Waals surface area contributed by atoms with Crippen molar-refractivity contribution in [3.63, 3.8) is 0 Å². The fourth-order valence-electron chi connectivity index (χ4n) is 3.00. The van der Waals surface area contributed by atoms with Crippen molar-refractivity contribution in [3.05, 3.63) is 48.0 Å². The van der Waals surface area contributed by atoms with Crippen molar-refractivity contribution >= 4 is 16.7 Å². The molecule has 3 rings (SSSR count). The van der Waals surface area contributed by atoms with Crippen LogP contribution in [0.4, 0.5) is 0 Å². The summed E-state index contributed by atoms with van der Waals surface area (Å²) in [5.74, 6) is 0.121. The molecule has 1 aliphatic heterocycles. The molecule has 1 saturated heterocycles. The Kier molecular flexibility index (Phi) is 3.45. The van der Waals surface area contributed by atoms with Crippen molar-refractivity contribution in [2.24, 2.45) is 5.73 Å². The molecular formula is C17H20N2O. The van der Waals surface area contributed by atoms with Gasteiger partial charge in [-0.15, -0.1) is 0 Å². The van der Waals surface area contributed by atoms with E-state index < -0.39 is 0 Å². The molecule has 0 aliphatic carbocycles. The fraction of sp³-hybridized carbons (Fsp3) is 0.353. The lowest BCUT2D eigenvalue weighted by molar-refractivity contribution is 0.0619. The Hall–Kier alpha value is -1.87. The average molecular weight is 268 g/mol. The summed E-state index contributed by atoms with van der Waals surface area (Å²) >= 11 is 0. The summed E-state index contributed by atoms with van der Waals surface area (Å²) in [6.45, 7) is 2.84. The lowest BCUT2D eigenvalue weighted by Gasteiger charge is -2.36. The molecule has 3 heteroatoms. The van der Waals surface area contributed by atoms with Gasteiger partial charge in [0.15, 0.2) is 0 Å². The first kappa shape index (κ1) is 13.1. The molecule has 0 spiro atoms. The van der Waals surface area contributed by atoms with Crippen LogP contribution in [0.1, 0.15) is 30.1 Å². The van der Waals surface area contributed by atoms with E-state index in [0.717, 1.165) is 35.7 Å². The molecule has 2 N–H and O–H groups in total. The van der Waals surface area contributed by atoms with Gasteiger partial charge in [0.25, 0.3) is 5.91 Å². The minimum absolute atomic E-state index is 0.121. The van der Waals surface area contributed by atoms with Crippen LogP contribution >= 0.6 is 0 Å². The number of likely N-dealkylation sites (tertiary alicyclic amines) is 1. The summed E-state index contributed by atoms with van der Waals surface area (Å²) < 4.78 is 0. The molecule has 0 aromatic heterocycles. The number of benzene rings is 2. The van der Waals surface area contributed by atoms with Crippen molar-refractivity contribution in [1.82, 2.24) is 4.90 Å². The van der Waals surface area contributed by atoms with E-state index in [1.807, 2.05) is 41.3 Å². The van der Waals surface area contributed by atoms with Crippen LogP contribution in [0.3, 0.4) is 0 Å². The van der Waals surface area contributed by atoms with E-state index in [9.17, 15) is 4.79 Å². The highest BCUT2D eigenvalue weighted by atomic mass is 16.2. The van der Waals surface area contributed by atoms with Crippen molar-refractivity contribution in [1.29, 1.82) is 0 Å². The van der Waals surface area contributed by atoms with Crippen LogP contribution in [-0.2, 0) is 0 Å². The number of piperidine rings is 1. The van der Waals surface area contributed by atoms with Gasteiger partial charge in [0.2, 0.25) is 0 Å². The van der Waals surface area contributed by atoms with Gasteiger partial charge in [-0.1, -0.05) is 30.3 Å². The molecule has 20 heavy (non-hydrogen) atoms. The maximum Gasteiger partial charge on any atom is 0.254 e. The number of amides is 1. The van der Waals surface area contributed by atoms with Gasteiger partial charge in [-0.05, 0) is 42.7 Å². The Morgan fingerprint density at radius 1 is 1.20 bits per heavy atom. The maximum absolute atomic E-state index is 12.6. The molecule has 2 unspecified atom stereocenters. The number of carbonyl (C=O) groups excluding carboxylic acids is 1. The number of carbonyl (C=O) groups is 1. The normalized spacial score (nSPS) is 23.0. The van der Waals surface area contributed by atoms with E-state index in [4.69, 9.17) is 5.73 Å². The molecule has 0 bridgehead atoms. The van der Waals surface area contributed by atoms with Crippen molar-refractivity contribution in [3.8, 4) is 0 Å². The molecule has 2 aromatic carbocycles. The number of nitrogens with two attached hydrogens (primary N) is 1. The van der Waals surface area contributed by atoms with Gasteiger partial charge in [0, 0.05) is 24.2 Å². The molecule has 3 nitrogen and oxygen atoms in total. The number of hydrogen-bond acceptors (Lipinski definition) is 2. The molecule has 1 amide bonds. The number of rotatable bonds is 1. The fourth-order valence-corrected chi connectivity index (χ4v) is 3.00. The van der Waals surface area contributed by atoms with E-state index in [1.54, 1.807) is 0 Å². The topological polar surface area (TPSA) is 46.3 Å². The zero-order chi connectivity index (χ0) is 14.1. The van der Waals surface area contributed by atoms with E-state index >= 15 is 0 Å². The minimum atomic E-state index is 0.121. The highest BCUT2D eigenvalue weighted by molar-refractivity contribution is 5.98. The summed E-state index contributed by atoms with van der Waals surface area (Å²) in [6, 6.07) is 14.5. The van der Waals surface area contributed by atoms with Gasteiger partial charge < -0.3 is 10.6 Å². The second-order valence-corrected chi connectivity index (χ2v) is 5.69. The molecule has 0 radical (unpaired) electrons. The van der Waals surface area contributed by atoms with Gasteiger partial charge in [-0.25, -0.2) is 0 Å². The third-order valence-electron chi connectivity index (χ3n) is 4.17. The van der Waals surface area contributed by atoms with Gasteiger partial charge in [-0.3, -0.25) is 4.79 Å². The van der Waals surface area contributed by atoms with Crippen LogP contribution < -0.4 is 5.73 Å². The third kappa shape index (κ3) is 2.41. The summed E-state index contributed by atoms with van der Waals surface area (Å²) in [4.78, 5) is 14.6. The van der Waals surface area contributed by atoms with Crippen molar-refractivity contribution in [2.45, 2.75) is 31.8 Å². The summed E-state index contributed by atoms with van der Waals surface area (Å²) in [7, 11) is 0. The maximum atomic E-state index is 12.6. The Bertz CT molecular complexity index is 638. The summed E-state index contributed by atoms with van der Waals surface area (Å²) in [5.41, 5.74) is 6.73. The molecule has 2 atom stereocenters. The predicted octanol–water partition coefficient (Wildman–Crippen LogP) is 2.79. The molecule has 104 valence electrons. The van der Waals surface area contributed by atoms with E-state index in [-0.39, 0.29) is 18.0 Å². The van der Waals surface area contributed by atoms with E-state index in [2.05, 4.69) is 13.0 Å². The van der Waals surface area contributed by atoms with Crippen LogP contribution in [0.2, 0.25) is 0 Å². The standard InChI is InChI=1S/C17H20N2O/c1-12-10-16(18)8-9-19(12)17(20)15-7-6-13-4-2-3-5-14(13)11-15/h2-7,11-12,16H,8-10,18H2,1H3. The smallest absolute Gasteiger partial charge is 0.254 e. The first-order chi connectivity index (χ1) is 9.65. The molecule has 1 fully saturated rings. The molecule has 1 aliphatic rings. The quantitative estimate of drug-likeness (QED) is 0.864. The SMILES string of the molecule is CC1CC(N)CCN1C(=O)c1ccc2ccccc2c1. The first-order valence-corrected chi connectivity index (χ1v) is 7.20. The van der Waals surface area contributed by atoms with Crippen molar-refractivity contribution < 1.29 is 4.79 Å². The second kappa shape index (κ2) is 5.25. The van der Waals surface area contributed by atoms with Gasteiger partial charge >= 0.3 is 0 Å². The molecule has 1 heterocycles. The van der Waals surface area contributed by atoms with E-state index in [1.165, 1.54) is 0 Å². The third-order valence-corrected chi connectivity index (χ3v) is 4.17. The first-order valence-electron chi connectivity index (χ1n) is 7.20. The van der Waals surface area contributed by atoms with Crippen LogP contribution in [-0.4, -0.2) is 29.4 Å². The predicted molar refractivity (Wildman–Crippen MR) is 81.7 cm³/mol. The zero-order valence-electron chi connectivity index (χ0n) is 11.8. The Morgan fingerprint density at radius 3 is 2.70 bits per heavy atom. The molecule has 2 aromatic rings. The van der Waals surface area contributed by atoms with Crippen LogP contribution in [0.25, 0.3) is 10.8 Å². The highest BCUT2D eigenvalue weighted by Gasteiger charge is 2.27. The average Bonchev–Trinajstić information content (AvgIpc) is 2.46. The Balaban J connectivity index is 1.88. The van der Waals surface area contributed by atoms with Crippen LogP contribution in [0.15, 0.2) is 42.5 Å². The highest BCUT2D eigenvalue weighted by Crippen LogP contribution is 2.21. The van der Waals surface area contributed by atoms with Gasteiger partial charge in [0.1, 0.15) is 0 Å². The van der Waals surface area contributed by atoms with Crippen LogP contribution in [0.5, 0.6) is 0 Å².